The van der Waals surface area contributed by atoms with Crippen LogP contribution in [0.3, 0.4) is 0 Å². The van der Waals surface area contributed by atoms with E-state index < -0.39 is 11.6 Å². The van der Waals surface area contributed by atoms with Gasteiger partial charge in [-0.1, -0.05) is 0 Å². The summed E-state index contributed by atoms with van der Waals surface area (Å²) < 4.78 is 5.19. The molecule has 0 aliphatic heterocycles. The molecule has 0 radical (unpaired) electrons. The van der Waals surface area contributed by atoms with E-state index in [2.05, 4.69) is 5.32 Å². The van der Waals surface area contributed by atoms with Crippen LogP contribution in [0.4, 0.5) is 5.69 Å². The van der Waals surface area contributed by atoms with Gasteiger partial charge in [0.05, 0.1) is 12.1 Å². The fourth-order valence-corrected chi connectivity index (χ4v) is 2.17. The molecule has 0 heterocycles. The molecule has 0 saturated carbocycles. The summed E-state index contributed by atoms with van der Waals surface area (Å²) in [6, 6.07) is 1.74. The van der Waals surface area contributed by atoms with Crippen molar-refractivity contribution >= 4 is 17.6 Å². The number of rotatable bonds is 5. The molecular formula is C16H24N2O4. The molecule has 4 N–H and O–H groups in total. The van der Waals surface area contributed by atoms with Crippen LogP contribution in [0.5, 0.6) is 0 Å². The van der Waals surface area contributed by atoms with Crippen molar-refractivity contribution < 1.29 is 19.4 Å². The number of nitrogens with one attached hydrogen (secondary N) is 1. The number of esters is 1. The molecule has 0 atom stereocenters. The van der Waals surface area contributed by atoms with Crippen LogP contribution in [0, 0.1) is 13.8 Å². The molecule has 0 spiro atoms. The normalized spacial score (nSPS) is 11.3. The zero-order valence-electron chi connectivity index (χ0n) is 13.7. The van der Waals surface area contributed by atoms with Crippen LogP contribution in [0.25, 0.3) is 0 Å². The number of hydrogen-bond acceptors (Lipinski definition) is 5. The molecule has 0 aliphatic rings. The average Bonchev–Trinajstić information content (AvgIpc) is 2.33. The van der Waals surface area contributed by atoms with Crippen LogP contribution >= 0.6 is 0 Å². The number of carbonyl (C=O) groups is 2. The summed E-state index contributed by atoms with van der Waals surface area (Å²) in [7, 11) is 0. The predicted molar refractivity (Wildman–Crippen MR) is 84.8 cm³/mol. The third-order valence-electron chi connectivity index (χ3n) is 3.21. The maximum atomic E-state index is 11.6. The van der Waals surface area contributed by atoms with Crippen LogP contribution in [0.15, 0.2) is 6.07 Å². The number of ether oxygens (including phenoxy) is 1. The van der Waals surface area contributed by atoms with Gasteiger partial charge in [-0.25, -0.2) is 4.79 Å². The Morgan fingerprint density at radius 2 is 1.86 bits per heavy atom. The second-order valence-electron chi connectivity index (χ2n) is 6.25. The Hall–Kier alpha value is -2.08. The molecule has 6 heteroatoms. The summed E-state index contributed by atoms with van der Waals surface area (Å²) >= 11 is 0. The Labute approximate surface area is 130 Å². The monoisotopic (exact) mass is 308 g/mol. The Morgan fingerprint density at radius 3 is 2.36 bits per heavy atom. The number of hydrogen-bond donors (Lipinski definition) is 3. The lowest BCUT2D eigenvalue weighted by atomic mass is 9.96. The largest absolute Gasteiger partial charge is 0.478 e. The molecular weight excluding hydrogens is 284 g/mol. The molecule has 22 heavy (non-hydrogen) atoms. The number of carboxylic acid groups (broad SMARTS) is 1. The van der Waals surface area contributed by atoms with Gasteiger partial charge >= 0.3 is 11.9 Å². The van der Waals surface area contributed by atoms with Gasteiger partial charge in [0.1, 0.15) is 5.60 Å². The van der Waals surface area contributed by atoms with Crippen LogP contribution < -0.4 is 11.1 Å². The first kappa shape index (κ1) is 18.0. The predicted octanol–water partition coefficient (Wildman–Crippen LogP) is 2.02. The second kappa shape index (κ2) is 6.79. The smallest absolute Gasteiger partial charge is 0.336 e. The van der Waals surface area contributed by atoms with Crippen LogP contribution in [0.1, 0.15) is 47.8 Å². The summed E-state index contributed by atoms with van der Waals surface area (Å²) in [5.74, 6) is -1.36. The van der Waals surface area contributed by atoms with Gasteiger partial charge in [-0.05, 0) is 57.4 Å². The molecule has 1 aromatic carbocycles. The second-order valence-corrected chi connectivity index (χ2v) is 6.25. The Bertz CT molecular complexity index is 589. The van der Waals surface area contributed by atoms with E-state index in [0.29, 0.717) is 23.4 Å². The molecule has 6 nitrogen and oxygen atoms in total. The number of benzene rings is 1. The van der Waals surface area contributed by atoms with Crippen molar-refractivity contribution in [3.8, 4) is 0 Å². The van der Waals surface area contributed by atoms with Gasteiger partial charge in [0.2, 0.25) is 0 Å². The first-order valence-corrected chi connectivity index (χ1v) is 7.07. The van der Waals surface area contributed by atoms with Crippen molar-refractivity contribution in [3.05, 3.63) is 28.3 Å². The summed E-state index contributed by atoms with van der Waals surface area (Å²) in [4.78, 5) is 23.0. The Morgan fingerprint density at radius 1 is 1.27 bits per heavy atom. The van der Waals surface area contributed by atoms with E-state index in [9.17, 15) is 14.7 Å². The van der Waals surface area contributed by atoms with E-state index >= 15 is 0 Å². The summed E-state index contributed by atoms with van der Waals surface area (Å²) in [5, 5.41) is 12.2. The third-order valence-corrected chi connectivity index (χ3v) is 3.21. The minimum atomic E-state index is -1.00. The molecule has 0 unspecified atom stereocenters. The number of anilines is 1. The standard InChI is InChI=1S/C16H24N2O4/c1-9-11(6-12(17)10(2)14(9)15(20)21)7-18-8-13(19)22-16(3,4)5/h6,18H,7-8,17H2,1-5H3,(H,20,21). The number of nitrogens with two attached hydrogens (primary N) is 1. The van der Waals surface area contributed by atoms with Gasteiger partial charge < -0.3 is 20.9 Å². The summed E-state index contributed by atoms with van der Waals surface area (Å²) in [6.07, 6.45) is 0. The molecule has 122 valence electrons. The summed E-state index contributed by atoms with van der Waals surface area (Å²) in [6.45, 7) is 9.21. The van der Waals surface area contributed by atoms with Crippen LogP contribution in [-0.2, 0) is 16.1 Å². The molecule has 1 rings (SSSR count). The molecule has 0 bridgehead atoms. The quantitative estimate of drug-likeness (QED) is 0.568. The first-order chi connectivity index (χ1) is 10.0. The molecule has 0 amide bonds. The maximum Gasteiger partial charge on any atom is 0.336 e. The first-order valence-electron chi connectivity index (χ1n) is 7.07. The van der Waals surface area contributed by atoms with Gasteiger partial charge in [0.15, 0.2) is 0 Å². The molecule has 0 saturated heterocycles. The Balaban J connectivity index is 2.79. The molecule has 0 aliphatic carbocycles. The lowest BCUT2D eigenvalue weighted by molar-refractivity contribution is -0.153. The highest BCUT2D eigenvalue weighted by molar-refractivity contribution is 5.93. The fraction of sp³-hybridized carbons (Fsp3) is 0.500. The fourth-order valence-electron chi connectivity index (χ4n) is 2.17. The van der Waals surface area contributed by atoms with Gasteiger partial charge in [-0.2, -0.15) is 0 Å². The van der Waals surface area contributed by atoms with Crippen molar-refractivity contribution in [2.75, 3.05) is 12.3 Å². The van der Waals surface area contributed by atoms with Gasteiger partial charge in [0.25, 0.3) is 0 Å². The molecule has 0 aromatic heterocycles. The van der Waals surface area contributed by atoms with Crippen molar-refractivity contribution in [1.82, 2.24) is 5.32 Å². The molecule has 0 fully saturated rings. The highest BCUT2D eigenvalue weighted by atomic mass is 16.6. The van der Waals surface area contributed by atoms with Gasteiger partial charge in [-0.15, -0.1) is 0 Å². The minimum Gasteiger partial charge on any atom is -0.478 e. The van der Waals surface area contributed by atoms with Crippen LogP contribution in [-0.4, -0.2) is 29.2 Å². The van der Waals surface area contributed by atoms with Crippen molar-refractivity contribution in [2.45, 2.75) is 46.8 Å². The van der Waals surface area contributed by atoms with E-state index in [1.54, 1.807) is 40.7 Å². The van der Waals surface area contributed by atoms with Crippen molar-refractivity contribution in [2.24, 2.45) is 0 Å². The zero-order valence-corrected chi connectivity index (χ0v) is 13.7. The lowest BCUT2D eigenvalue weighted by Gasteiger charge is -2.20. The third kappa shape index (κ3) is 4.73. The van der Waals surface area contributed by atoms with E-state index in [1.807, 2.05) is 0 Å². The van der Waals surface area contributed by atoms with Gasteiger partial charge in [0, 0.05) is 12.2 Å². The van der Waals surface area contributed by atoms with E-state index in [1.165, 1.54) is 0 Å². The number of aromatic carboxylic acids is 1. The van der Waals surface area contributed by atoms with E-state index in [0.717, 1.165) is 5.56 Å². The van der Waals surface area contributed by atoms with Crippen LogP contribution in [0.2, 0.25) is 0 Å². The number of nitrogen functional groups attached to an aromatic ring is 1. The Kier molecular flexibility index (Phi) is 5.54. The SMILES string of the molecule is Cc1c(N)cc(CNCC(=O)OC(C)(C)C)c(C)c1C(=O)O. The van der Waals surface area contributed by atoms with E-state index in [-0.39, 0.29) is 18.1 Å². The number of carboxylic acids is 1. The van der Waals surface area contributed by atoms with Crippen molar-refractivity contribution in [1.29, 1.82) is 0 Å². The molecule has 1 aromatic rings. The van der Waals surface area contributed by atoms with Crippen molar-refractivity contribution in [3.63, 3.8) is 0 Å². The minimum absolute atomic E-state index is 0.0485. The highest BCUT2D eigenvalue weighted by Gasteiger charge is 2.18. The lowest BCUT2D eigenvalue weighted by Crippen LogP contribution is -2.31. The van der Waals surface area contributed by atoms with E-state index in [4.69, 9.17) is 10.5 Å². The average molecular weight is 308 g/mol. The number of carbonyl (C=O) groups excluding carboxylic acids is 1. The highest BCUT2D eigenvalue weighted by Crippen LogP contribution is 2.24. The topological polar surface area (TPSA) is 102 Å². The maximum absolute atomic E-state index is 11.6. The zero-order chi connectivity index (χ0) is 17.1. The van der Waals surface area contributed by atoms with Gasteiger partial charge in [-0.3, -0.25) is 4.79 Å². The summed E-state index contributed by atoms with van der Waals surface area (Å²) in [5.41, 5.74) is 7.94.